The fraction of sp³-hybridized carbons (Fsp3) is 0.474. The van der Waals surface area contributed by atoms with Crippen LogP contribution in [0.3, 0.4) is 0 Å². The van der Waals surface area contributed by atoms with Crippen molar-refractivity contribution in [1.82, 2.24) is 10.6 Å². The van der Waals surface area contributed by atoms with Gasteiger partial charge in [0.15, 0.2) is 11.5 Å². The van der Waals surface area contributed by atoms with Gasteiger partial charge in [-0.25, -0.2) is 0 Å². The van der Waals surface area contributed by atoms with Crippen LogP contribution in [-0.2, 0) is 0 Å². The van der Waals surface area contributed by atoms with Gasteiger partial charge in [0.25, 0.3) is 11.8 Å². The summed E-state index contributed by atoms with van der Waals surface area (Å²) in [5.41, 5.74) is 1.59. The maximum Gasteiger partial charge on any atom is 0.287 e. The minimum Gasteiger partial charge on any atom is -0.456 e. The number of hydrogen-bond donors (Lipinski definition) is 2. The van der Waals surface area contributed by atoms with E-state index in [2.05, 4.69) is 10.6 Å². The lowest BCUT2D eigenvalue weighted by Crippen LogP contribution is -2.46. The standard InChI is InChI=1S/C19H26N2O4/c1-10(2)15(21-19(23)17-12(4)8-14(6)25-17)9-20-18(22)16-11(3)7-13(5)24-16/h7-8,10,15H,9H2,1-6H3,(H,20,22)(H,21,23)/t15-/m0/s1. The molecule has 0 fully saturated rings. The van der Waals surface area contributed by atoms with E-state index >= 15 is 0 Å². The predicted octanol–water partition coefficient (Wildman–Crippen LogP) is 3.29. The van der Waals surface area contributed by atoms with Crippen molar-refractivity contribution in [3.63, 3.8) is 0 Å². The van der Waals surface area contributed by atoms with Gasteiger partial charge < -0.3 is 19.5 Å². The van der Waals surface area contributed by atoms with Crippen molar-refractivity contribution in [3.05, 3.63) is 46.3 Å². The van der Waals surface area contributed by atoms with Gasteiger partial charge in [-0.05, 0) is 45.7 Å². The van der Waals surface area contributed by atoms with Crippen LogP contribution in [0.5, 0.6) is 0 Å². The van der Waals surface area contributed by atoms with Crippen LogP contribution in [0.15, 0.2) is 21.0 Å². The first kappa shape index (κ1) is 18.8. The largest absolute Gasteiger partial charge is 0.456 e. The minimum absolute atomic E-state index is 0.139. The first-order chi connectivity index (χ1) is 11.7. The third-order valence-electron chi connectivity index (χ3n) is 4.10. The Morgan fingerprint density at radius 3 is 1.80 bits per heavy atom. The van der Waals surface area contributed by atoms with E-state index in [1.54, 1.807) is 13.8 Å². The number of hydrogen-bond acceptors (Lipinski definition) is 4. The molecule has 6 heteroatoms. The van der Waals surface area contributed by atoms with Crippen molar-refractivity contribution < 1.29 is 18.4 Å². The van der Waals surface area contributed by atoms with Crippen molar-refractivity contribution >= 4 is 11.8 Å². The van der Waals surface area contributed by atoms with Crippen LogP contribution < -0.4 is 10.6 Å². The fourth-order valence-electron chi connectivity index (χ4n) is 2.70. The second-order valence-electron chi connectivity index (χ2n) is 6.77. The van der Waals surface area contributed by atoms with Crippen LogP contribution in [0.2, 0.25) is 0 Å². The molecular weight excluding hydrogens is 320 g/mol. The molecule has 0 aliphatic rings. The second kappa shape index (κ2) is 7.59. The Balaban J connectivity index is 2.01. The average Bonchev–Trinajstić information content (AvgIpc) is 3.03. The third-order valence-corrected chi connectivity index (χ3v) is 4.10. The number of rotatable bonds is 6. The topological polar surface area (TPSA) is 84.5 Å². The highest BCUT2D eigenvalue weighted by Gasteiger charge is 2.22. The van der Waals surface area contributed by atoms with Crippen LogP contribution in [-0.4, -0.2) is 24.4 Å². The molecule has 2 aromatic rings. The van der Waals surface area contributed by atoms with Gasteiger partial charge in [0.2, 0.25) is 0 Å². The Labute approximate surface area is 148 Å². The SMILES string of the molecule is Cc1cc(C)c(C(=O)NC[C@H](NC(=O)c2oc(C)cc2C)C(C)C)o1. The van der Waals surface area contributed by atoms with Crippen molar-refractivity contribution in [2.75, 3.05) is 6.54 Å². The number of carbonyl (C=O) groups is 2. The predicted molar refractivity (Wildman–Crippen MR) is 94.8 cm³/mol. The molecule has 2 amide bonds. The third kappa shape index (κ3) is 4.53. The Morgan fingerprint density at radius 1 is 0.920 bits per heavy atom. The second-order valence-corrected chi connectivity index (χ2v) is 6.77. The Morgan fingerprint density at radius 2 is 1.40 bits per heavy atom. The Kier molecular flexibility index (Phi) is 5.72. The molecule has 0 aliphatic carbocycles. The normalized spacial score (nSPS) is 12.3. The van der Waals surface area contributed by atoms with E-state index < -0.39 is 0 Å². The molecule has 0 aromatic carbocycles. The van der Waals surface area contributed by atoms with E-state index in [9.17, 15) is 9.59 Å². The summed E-state index contributed by atoms with van der Waals surface area (Å²) in [6.45, 7) is 11.5. The molecule has 0 unspecified atom stereocenters. The van der Waals surface area contributed by atoms with Gasteiger partial charge in [0.05, 0.1) is 0 Å². The highest BCUT2D eigenvalue weighted by molar-refractivity contribution is 5.94. The lowest BCUT2D eigenvalue weighted by molar-refractivity contribution is 0.0867. The molecule has 0 bridgehead atoms. The van der Waals surface area contributed by atoms with Crippen molar-refractivity contribution in [1.29, 1.82) is 0 Å². The minimum atomic E-state index is -0.282. The zero-order valence-corrected chi connectivity index (χ0v) is 15.6. The molecule has 1 atom stereocenters. The number of furan rings is 2. The molecule has 25 heavy (non-hydrogen) atoms. The summed E-state index contributed by atoms with van der Waals surface area (Å²) >= 11 is 0. The fourth-order valence-corrected chi connectivity index (χ4v) is 2.70. The molecule has 0 saturated carbocycles. The molecule has 2 N–H and O–H groups in total. The number of nitrogens with one attached hydrogen (secondary N) is 2. The smallest absolute Gasteiger partial charge is 0.287 e. The lowest BCUT2D eigenvalue weighted by Gasteiger charge is -2.22. The Hall–Kier alpha value is -2.50. The van der Waals surface area contributed by atoms with Gasteiger partial charge in [-0.3, -0.25) is 9.59 Å². The molecule has 0 aliphatic heterocycles. The summed E-state index contributed by atoms with van der Waals surface area (Å²) in [5, 5.41) is 5.77. The molecule has 6 nitrogen and oxygen atoms in total. The van der Waals surface area contributed by atoms with Crippen LogP contribution in [0.25, 0.3) is 0 Å². The highest BCUT2D eigenvalue weighted by atomic mass is 16.4. The summed E-state index contributed by atoms with van der Waals surface area (Å²) in [5.74, 6) is 1.59. The van der Waals surface area contributed by atoms with Crippen LogP contribution in [0.1, 0.15) is 57.6 Å². The highest BCUT2D eigenvalue weighted by Crippen LogP contribution is 2.15. The first-order valence-corrected chi connectivity index (χ1v) is 8.42. The van der Waals surface area contributed by atoms with Gasteiger partial charge in [-0.15, -0.1) is 0 Å². The average molecular weight is 346 g/mol. The van der Waals surface area contributed by atoms with Crippen molar-refractivity contribution in [2.24, 2.45) is 5.92 Å². The van der Waals surface area contributed by atoms with Gasteiger partial charge in [0, 0.05) is 23.7 Å². The summed E-state index contributed by atoms with van der Waals surface area (Å²) in [6, 6.07) is 3.42. The molecular formula is C19H26N2O4. The first-order valence-electron chi connectivity index (χ1n) is 8.42. The molecule has 0 spiro atoms. The Bertz CT molecular complexity index is 770. The molecule has 2 rings (SSSR count). The van der Waals surface area contributed by atoms with E-state index in [0.29, 0.717) is 29.6 Å². The quantitative estimate of drug-likeness (QED) is 0.840. The van der Waals surface area contributed by atoms with Crippen LogP contribution in [0.4, 0.5) is 0 Å². The summed E-state index contributed by atoms with van der Waals surface area (Å²) in [7, 11) is 0. The molecule has 0 saturated heterocycles. The number of carbonyl (C=O) groups excluding carboxylic acids is 2. The van der Waals surface area contributed by atoms with E-state index in [4.69, 9.17) is 8.83 Å². The maximum absolute atomic E-state index is 12.4. The number of aryl methyl sites for hydroxylation is 4. The molecule has 2 heterocycles. The van der Waals surface area contributed by atoms with Gasteiger partial charge >= 0.3 is 0 Å². The van der Waals surface area contributed by atoms with Crippen molar-refractivity contribution in [2.45, 2.75) is 47.6 Å². The van der Waals surface area contributed by atoms with Gasteiger partial charge in [-0.1, -0.05) is 13.8 Å². The van der Waals surface area contributed by atoms with Crippen LogP contribution >= 0.6 is 0 Å². The monoisotopic (exact) mass is 346 g/mol. The van der Waals surface area contributed by atoms with Crippen molar-refractivity contribution in [3.8, 4) is 0 Å². The summed E-state index contributed by atoms with van der Waals surface area (Å²) in [4.78, 5) is 24.7. The molecule has 2 aromatic heterocycles. The maximum atomic E-state index is 12.4. The van der Waals surface area contributed by atoms with Gasteiger partial charge in [0.1, 0.15) is 11.5 Å². The summed E-state index contributed by atoms with van der Waals surface area (Å²) < 4.78 is 10.9. The summed E-state index contributed by atoms with van der Waals surface area (Å²) in [6.07, 6.45) is 0. The van der Waals surface area contributed by atoms with E-state index in [1.165, 1.54) is 0 Å². The number of amides is 2. The van der Waals surface area contributed by atoms with Crippen LogP contribution in [0, 0.1) is 33.6 Å². The van der Waals surface area contributed by atoms with Gasteiger partial charge in [-0.2, -0.15) is 0 Å². The molecule has 136 valence electrons. The molecule has 0 radical (unpaired) electrons. The van der Waals surface area contributed by atoms with E-state index in [0.717, 1.165) is 11.1 Å². The zero-order valence-electron chi connectivity index (χ0n) is 15.6. The van der Waals surface area contributed by atoms with E-state index in [-0.39, 0.29) is 23.8 Å². The zero-order chi connectivity index (χ0) is 18.7. The lowest BCUT2D eigenvalue weighted by atomic mass is 10.0. The van der Waals surface area contributed by atoms with E-state index in [1.807, 2.05) is 39.8 Å².